The van der Waals surface area contributed by atoms with Gasteiger partial charge in [-0.15, -0.1) is 0 Å². The van der Waals surface area contributed by atoms with Gasteiger partial charge in [-0.2, -0.15) is 0 Å². The fourth-order valence-corrected chi connectivity index (χ4v) is 5.67. The highest BCUT2D eigenvalue weighted by atomic mass is 16.6. The van der Waals surface area contributed by atoms with Crippen LogP contribution in [0.5, 0.6) is 0 Å². The van der Waals surface area contributed by atoms with Crippen LogP contribution in [-0.2, 0) is 40.1 Å². The predicted octanol–water partition coefficient (Wildman–Crippen LogP) is 4.70. The molecule has 4 aromatic carbocycles. The molecule has 0 bridgehead atoms. The van der Waals surface area contributed by atoms with Crippen LogP contribution in [0.25, 0.3) is 0 Å². The average molecular weight is 725 g/mol. The van der Waals surface area contributed by atoms with Gasteiger partial charge in [0.15, 0.2) is 0 Å². The molecule has 0 aromatic heterocycles. The van der Waals surface area contributed by atoms with Crippen LogP contribution >= 0.6 is 0 Å². The maximum Gasteiger partial charge on any atom is 0.408 e. The lowest BCUT2D eigenvalue weighted by atomic mass is 9.99. The second-order valence-corrected chi connectivity index (χ2v) is 14.0. The molecule has 0 heterocycles. The van der Waals surface area contributed by atoms with Crippen LogP contribution in [0.15, 0.2) is 121 Å². The third-order valence-corrected chi connectivity index (χ3v) is 8.37. The Morgan fingerprint density at radius 1 is 0.566 bits per heavy atom. The number of hydrogen-bond acceptors (Lipinski definition) is 8. The van der Waals surface area contributed by atoms with Crippen molar-refractivity contribution in [3.8, 4) is 0 Å². The Balaban J connectivity index is 1.43. The SMILES string of the molecule is CC(C)(C)OC(=O)N[C@@H](Cc1ccccc1)[C@H](O)CNC[C@@H](O)[C@H](Cc1ccccc1)NC(=O)[C@H](Cc1ccccc1)NC(=O)OCc1ccccc1. The second-order valence-electron chi connectivity index (χ2n) is 14.0. The first kappa shape index (κ1) is 40.5. The molecule has 53 heavy (non-hydrogen) atoms. The van der Waals surface area contributed by atoms with Gasteiger partial charge in [-0.3, -0.25) is 4.79 Å². The first-order valence-electron chi connectivity index (χ1n) is 17.9. The summed E-state index contributed by atoms with van der Waals surface area (Å²) >= 11 is 0. The summed E-state index contributed by atoms with van der Waals surface area (Å²) in [7, 11) is 0. The minimum absolute atomic E-state index is 0.00916. The fourth-order valence-electron chi connectivity index (χ4n) is 5.67. The second kappa shape index (κ2) is 20.7. The molecular formula is C42H52N4O7. The molecule has 4 aromatic rings. The van der Waals surface area contributed by atoms with E-state index in [4.69, 9.17) is 9.47 Å². The van der Waals surface area contributed by atoms with Gasteiger partial charge in [-0.25, -0.2) is 9.59 Å². The summed E-state index contributed by atoms with van der Waals surface area (Å²) in [6.07, 6.45) is -2.69. The standard InChI is InChI=1S/C42H52N4O7/c1-42(2,3)53-41(51)45-35(25-31-18-10-5-11-19-31)38(48)28-43-27-37(47)34(24-30-16-8-4-9-17-30)44-39(49)36(26-32-20-12-6-13-21-32)46-40(50)52-29-33-22-14-7-15-23-33/h4-23,34-38,43,47-48H,24-29H2,1-3H3,(H,44,49)(H,45,51)(H,46,50)/t34-,35-,36-,37+,38+/m0/s1. The molecule has 282 valence electrons. The van der Waals surface area contributed by atoms with Gasteiger partial charge in [0.25, 0.3) is 0 Å². The van der Waals surface area contributed by atoms with Crippen LogP contribution in [-0.4, -0.2) is 77.3 Å². The highest BCUT2D eigenvalue weighted by Gasteiger charge is 2.29. The molecule has 0 fully saturated rings. The van der Waals surface area contributed by atoms with Crippen molar-refractivity contribution in [3.63, 3.8) is 0 Å². The zero-order chi connectivity index (χ0) is 38.1. The number of amides is 3. The van der Waals surface area contributed by atoms with Gasteiger partial charge < -0.3 is 41.0 Å². The number of hydrogen-bond donors (Lipinski definition) is 6. The number of carbonyl (C=O) groups is 3. The molecule has 0 saturated carbocycles. The van der Waals surface area contributed by atoms with Crippen molar-refractivity contribution in [1.82, 2.24) is 21.3 Å². The molecule has 11 heteroatoms. The molecule has 0 aliphatic rings. The van der Waals surface area contributed by atoms with Gasteiger partial charge in [0.1, 0.15) is 18.2 Å². The lowest BCUT2D eigenvalue weighted by Crippen LogP contribution is -2.56. The van der Waals surface area contributed by atoms with Crippen LogP contribution in [0.3, 0.4) is 0 Å². The summed E-state index contributed by atoms with van der Waals surface area (Å²) in [5.41, 5.74) is 2.72. The Morgan fingerprint density at radius 3 is 1.43 bits per heavy atom. The van der Waals surface area contributed by atoms with Crippen molar-refractivity contribution in [2.45, 2.75) is 82.6 Å². The summed E-state index contributed by atoms with van der Waals surface area (Å²) in [6, 6.07) is 35.0. The Morgan fingerprint density at radius 2 is 0.981 bits per heavy atom. The van der Waals surface area contributed by atoms with Crippen molar-refractivity contribution >= 4 is 18.1 Å². The maximum absolute atomic E-state index is 13.9. The summed E-state index contributed by atoms with van der Waals surface area (Å²) in [6.45, 7) is 5.37. The van der Waals surface area contributed by atoms with E-state index in [2.05, 4.69) is 21.3 Å². The summed E-state index contributed by atoms with van der Waals surface area (Å²) < 4.78 is 10.9. The summed E-state index contributed by atoms with van der Waals surface area (Å²) in [5.74, 6) is -0.491. The van der Waals surface area contributed by atoms with E-state index < -0.39 is 54.0 Å². The van der Waals surface area contributed by atoms with Crippen molar-refractivity contribution in [1.29, 1.82) is 0 Å². The van der Waals surface area contributed by atoms with E-state index in [1.54, 1.807) is 20.8 Å². The number of aliphatic hydroxyl groups is 2. The average Bonchev–Trinajstić information content (AvgIpc) is 3.14. The summed E-state index contributed by atoms with van der Waals surface area (Å²) in [4.78, 5) is 39.5. The van der Waals surface area contributed by atoms with Crippen LogP contribution in [0.2, 0.25) is 0 Å². The molecule has 3 amide bonds. The first-order chi connectivity index (χ1) is 25.4. The Bertz CT molecular complexity index is 1670. The van der Waals surface area contributed by atoms with E-state index in [1.807, 2.05) is 121 Å². The molecule has 0 aliphatic heterocycles. The number of alkyl carbamates (subject to hydrolysis) is 2. The number of nitrogens with one attached hydrogen (secondary N) is 4. The predicted molar refractivity (Wildman–Crippen MR) is 204 cm³/mol. The minimum atomic E-state index is -1.10. The fraction of sp³-hybridized carbons (Fsp3) is 0.357. The highest BCUT2D eigenvalue weighted by Crippen LogP contribution is 2.12. The minimum Gasteiger partial charge on any atom is -0.445 e. The van der Waals surface area contributed by atoms with Crippen molar-refractivity contribution in [3.05, 3.63) is 144 Å². The van der Waals surface area contributed by atoms with Crippen molar-refractivity contribution in [2.24, 2.45) is 0 Å². The number of ether oxygens (including phenoxy) is 2. The van der Waals surface area contributed by atoms with Crippen LogP contribution in [0, 0.1) is 0 Å². The van der Waals surface area contributed by atoms with Crippen LogP contribution in [0.4, 0.5) is 9.59 Å². The molecule has 11 nitrogen and oxygen atoms in total. The molecule has 0 aliphatic carbocycles. The van der Waals surface area contributed by atoms with E-state index in [1.165, 1.54) is 0 Å². The summed E-state index contributed by atoms with van der Waals surface area (Å²) in [5, 5.41) is 34.3. The first-order valence-corrected chi connectivity index (χ1v) is 17.9. The van der Waals surface area contributed by atoms with E-state index >= 15 is 0 Å². The Kier molecular flexibility index (Phi) is 15.8. The topological polar surface area (TPSA) is 158 Å². The lowest BCUT2D eigenvalue weighted by Gasteiger charge is -2.29. The van der Waals surface area contributed by atoms with Gasteiger partial charge in [0, 0.05) is 19.5 Å². The van der Waals surface area contributed by atoms with Crippen LogP contribution in [0.1, 0.15) is 43.0 Å². The molecule has 5 atom stereocenters. The maximum atomic E-state index is 13.9. The Labute approximate surface area is 312 Å². The van der Waals surface area contributed by atoms with Gasteiger partial charge in [0.2, 0.25) is 5.91 Å². The normalized spacial score (nSPS) is 14.1. The van der Waals surface area contributed by atoms with Crippen molar-refractivity contribution in [2.75, 3.05) is 13.1 Å². The number of benzene rings is 4. The third-order valence-electron chi connectivity index (χ3n) is 8.37. The zero-order valence-electron chi connectivity index (χ0n) is 30.6. The molecular weight excluding hydrogens is 672 g/mol. The number of rotatable bonds is 18. The zero-order valence-corrected chi connectivity index (χ0v) is 30.6. The van der Waals surface area contributed by atoms with Gasteiger partial charge in [0.05, 0.1) is 24.3 Å². The molecule has 4 rings (SSSR count). The van der Waals surface area contributed by atoms with E-state index in [-0.39, 0.29) is 26.1 Å². The largest absolute Gasteiger partial charge is 0.445 e. The lowest BCUT2D eigenvalue weighted by molar-refractivity contribution is -0.124. The van der Waals surface area contributed by atoms with E-state index in [0.29, 0.717) is 12.8 Å². The van der Waals surface area contributed by atoms with Crippen molar-refractivity contribution < 1.29 is 34.1 Å². The van der Waals surface area contributed by atoms with E-state index in [0.717, 1.165) is 22.3 Å². The quantitative estimate of drug-likeness (QED) is 0.0863. The van der Waals surface area contributed by atoms with Crippen LogP contribution < -0.4 is 21.3 Å². The van der Waals surface area contributed by atoms with E-state index in [9.17, 15) is 24.6 Å². The molecule has 0 unspecified atom stereocenters. The number of aliphatic hydroxyl groups excluding tert-OH is 2. The van der Waals surface area contributed by atoms with Gasteiger partial charge in [-0.05, 0) is 55.9 Å². The van der Waals surface area contributed by atoms with Gasteiger partial charge >= 0.3 is 12.2 Å². The third kappa shape index (κ3) is 15.1. The molecule has 0 spiro atoms. The molecule has 0 radical (unpaired) electrons. The number of carbonyl (C=O) groups excluding carboxylic acids is 3. The Hall–Kier alpha value is -5.23. The molecule has 0 saturated heterocycles. The monoisotopic (exact) mass is 724 g/mol. The highest BCUT2D eigenvalue weighted by molar-refractivity contribution is 5.86. The molecule has 6 N–H and O–H groups in total. The smallest absolute Gasteiger partial charge is 0.408 e. The van der Waals surface area contributed by atoms with Gasteiger partial charge in [-0.1, -0.05) is 121 Å².